The Hall–Kier alpha value is -3.15. The summed E-state index contributed by atoms with van der Waals surface area (Å²) in [7, 11) is 0. The van der Waals surface area contributed by atoms with Gasteiger partial charge in [-0.3, -0.25) is 10.1 Å². The predicted octanol–water partition coefficient (Wildman–Crippen LogP) is 2.78. The normalized spacial score (nSPS) is 16.4. The third kappa shape index (κ3) is 2.65. The van der Waals surface area contributed by atoms with Crippen molar-refractivity contribution < 1.29 is 14.3 Å². The molecule has 6 nitrogen and oxygen atoms in total. The summed E-state index contributed by atoms with van der Waals surface area (Å²) in [6, 6.07) is 14.9. The lowest BCUT2D eigenvalue weighted by molar-refractivity contribution is -0.125. The number of rotatable bonds is 3. The van der Waals surface area contributed by atoms with Crippen molar-refractivity contribution in [1.29, 1.82) is 0 Å². The van der Waals surface area contributed by atoms with Crippen molar-refractivity contribution in [2.24, 2.45) is 0 Å². The van der Waals surface area contributed by atoms with Crippen LogP contribution in [0.25, 0.3) is 11.0 Å². The summed E-state index contributed by atoms with van der Waals surface area (Å²) in [5, 5.41) is 2.81. The highest BCUT2D eigenvalue weighted by atomic mass is 16.5. The van der Waals surface area contributed by atoms with Crippen LogP contribution in [0.5, 0.6) is 0 Å². The lowest BCUT2D eigenvalue weighted by Gasteiger charge is -2.23. The van der Waals surface area contributed by atoms with E-state index in [0.717, 1.165) is 16.6 Å². The number of amides is 1. The molecule has 4 rings (SSSR count). The SMILES string of the molecule is CCn1c(NC(=O)[C@H]2Cc3ccccc3C(=O)O2)nc2ccccc21. The molecule has 1 atom stereocenters. The number of anilines is 1. The summed E-state index contributed by atoms with van der Waals surface area (Å²) in [6.07, 6.45) is -0.493. The van der Waals surface area contributed by atoms with E-state index in [2.05, 4.69) is 10.3 Å². The molecular weight excluding hydrogens is 318 g/mol. The van der Waals surface area contributed by atoms with Crippen LogP contribution in [-0.2, 0) is 22.5 Å². The number of benzene rings is 2. The molecule has 0 saturated carbocycles. The van der Waals surface area contributed by atoms with Crippen LogP contribution in [-0.4, -0.2) is 27.5 Å². The standard InChI is InChI=1S/C19H17N3O3/c1-2-22-15-10-6-5-9-14(15)20-19(22)21-17(23)16-11-12-7-3-4-8-13(12)18(24)25-16/h3-10,16H,2,11H2,1H3,(H,20,21,23)/t16-/m1/s1. The second-order valence-electron chi connectivity index (χ2n) is 5.91. The van der Waals surface area contributed by atoms with Gasteiger partial charge >= 0.3 is 5.97 Å². The van der Waals surface area contributed by atoms with E-state index >= 15 is 0 Å². The Morgan fingerprint density at radius 2 is 2.00 bits per heavy atom. The van der Waals surface area contributed by atoms with Crippen LogP contribution in [0.4, 0.5) is 5.95 Å². The van der Waals surface area contributed by atoms with E-state index in [9.17, 15) is 9.59 Å². The van der Waals surface area contributed by atoms with E-state index in [1.54, 1.807) is 12.1 Å². The Morgan fingerprint density at radius 3 is 2.84 bits per heavy atom. The third-order valence-corrected chi connectivity index (χ3v) is 4.39. The van der Waals surface area contributed by atoms with Crippen molar-refractivity contribution in [2.45, 2.75) is 26.0 Å². The van der Waals surface area contributed by atoms with Gasteiger partial charge in [-0.25, -0.2) is 9.78 Å². The molecule has 1 aliphatic rings. The molecule has 0 spiro atoms. The van der Waals surface area contributed by atoms with E-state index in [-0.39, 0.29) is 5.91 Å². The summed E-state index contributed by atoms with van der Waals surface area (Å²) in [5.41, 5.74) is 3.10. The summed E-state index contributed by atoms with van der Waals surface area (Å²) >= 11 is 0. The molecule has 0 radical (unpaired) electrons. The number of hydrogen-bond donors (Lipinski definition) is 1. The zero-order valence-electron chi connectivity index (χ0n) is 13.7. The second kappa shape index (κ2) is 6.05. The molecule has 2 aromatic carbocycles. The maximum absolute atomic E-state index is 12.6. The number of carbonyl (C=O) groups excluding carboxylic acids is 2. The van der Waals surface area contributed by atoms with Crippen LogP contribution in [0.1, 0.15) is 22.8 Å². The van der Waals surface area contributed by atoms with Gasteiger partial charge in [-0.1, -0.05) is 30.3 Å². The largest absolute Gasteiger partial charge is 0.448 e. The molecule has 0 fully saturated rings. The van der Waals surface area contributed by atoms with Crippen LogP contribution >= 0.6 is 0 Å². The van der Waals surface area contributed by atoms with Gasteiger partial charge in [0, 0.05) is 13.0 Å². The van der Waals surface area contributed by atoms with Gasteiger partial charge < -0.3 is 9.30 Å². The number of ether oxygens (including phenoxy) is 1. The van der Waals surface area contributed by atoms with E-state index in [1.165, 1.54) is 0 Å². The van der Waals surface area contributed by atoms with Crippen LogP contribution in [0.15, 0.2) is 48.5 Å². The van der Waals surface area contributed by atoms with E-state index < -0.39 is 12.1 Å². The molecule has 126 valence electrons. The molecule has 0 unspecified atom stereocenters. The minimum absolute atomic E-state index is 0.361. The number of carbonyl (C=O) groups is 2. The van der Waals surface area contributed by atoms with Gasteiger partial charge in [-0.2, -0.15) is 0 Å². The van der Waals surface area contributed by atoms with Crippen LogP contribution in [0.3, 0.4) is 0 Å². The molecule has 1 N–H and O–H groups in total. The molecular formula is C19H17N3O3. The fourth-order valence-electron chi connectivity index (χ4n) is 3.16. The number of hydrogen-bond acceptors (Lipinski definition) is 4. The Labute approximate surface area is 144 Å². The maximum atomic E-state index is 12.6. The number of cyclic esters (lactones) is 1. The minimum atomic E-state index is -0.854. The lowest BCUT2D eigenvalue weighted by atomic mass is 9.98. The van der Waals surface area contributed by atoms with Gasteiger partial charge in [-0.05, 0) is 30.7 Å². The van der Waals surface area contributed by atoms with Crippen molar-refractivity contribution >= 4 is 28.9 Å². The Kier molecular flexibility index (Phi) is 3.72. The average molecular weight is 335 g/mol. The molecule has 25 heavy (non-hydrogen) atoms. The molecule has 2 heterocycles. The number of fused-ring (bicyclic) bond motifs is 2. The average Bonchev–Trinajstić information content (AvgIpc) is 2.98. The first-order valence-electron chi connectivity index (χ1n) is 8.22. The number of nitrogens with zero attached hydrogens (tertiary/aromatic N) is 2. The molecule has 1 aromatic heterocycles. The van der Waals surface area contributed by atoms with E-state index in [1.807, 2.05) is 47.9 Å². The highest BCUT2D eigenvalue weighted by molar-refractivity contribution is 6.00. The predicted molar refractivity (Wildman–Crippen MR) is 93.4 cm³/mol. The molecule has 1 aliphatic heterocycles. The highest BCUT2D eigenvalue weighted by Crippen LogP contribution is 2.23. The Morgan fingerprint density at radius 1 is 1.24 bits per heavy atom. The van der Waals surface area contributed by atoms with Gasteiger partial charge in [0.05, 0.1) is 16.6 Å². The summed E-state index contributed by atoms with van der Waals surface area (Å²) < 4.78 is 7.23. The van der Waals surface area contributed by atoms with Crippen molar-refractivity contribution in [3.63, 3.8) is 0 Å². The third-order valence-electron chi connectivity index (χ3n) is 4.39. The minimum Gasteiger partial charge on any atom is -0.448 e. The van der Waals surface area contributed by atoms with Gasteiger partial charge in [0.1, 0.15) is 0 Å². The summed E-state index contributed by atoms with van der Waals surface area (Å²) in [4.78, 5) is 29.2. The number of aryl methyl sites for hydroxylation is 1. The Balaban J connectivity index is 1.60. The summed E-state index contributed by atoms with van der Waals surface area (Å²) in [5.74, 6) is -0.373. The molecule has 1 amide bonds. The van der Waals surface area contributed by atoms with Gasteiger partial charge in [0.15, 0.2) is 6.10 Å². The maximum Gasteiger partial charge on any atom is 0.339 e. The molecule has 3 aromatic rings. The fourth-order valence-corrected chi connectivity index (χ4v) is 3.16. The smallest absolute Gasteiger partial charge is 0.339 e. The van der Waals surface area contributed by atoms with Gasteiger partial charge in [-0.15, -0.1) is 0 Å². The topological polar surface area (TPSA) is 73.2 Å². The number of aromatic nitrogens is 2. The van der Waals surface area contributed by atoms with E-state index in [0.29, 0.717) is 24.5 Å². The molecule has 6 heteroatoms. The van der Waals surface area contributed by atoms with Crippen molar-refractivity contribution in [1.82, 2.24) is 9.55 Å². The number of esters is 1. The van der Waals surface area contributed by atoms with Crippen LogP contribution in [0, 0.1) is 0 Å². The monoisotopic (exact) mass is 335 g/mol. The molecule has 0 aliphatic carbocycles. The first-order chi connectivity index (χ1) is 12.2. The first-order valence-corrected chi connectivity index (χ1v) is 8.22. The quantitative estimate of drug-likeness (QED) is 0.747. The Bertz CT molecular complexity index is 977. The van der Waals surface area contributed by atoms with Crippen molar-refractivity contribution in [3.8, 4) is 0 Å². The van der Waals surface area contributed by atoms with Crippen molar-refractivity contribution in [2.75, 3.05) is 5.32 Å². The molecule has 0 bridgehead atoms. The van der Waals surface area contributed by atoms with Gasteiger partial charge in [0.2, 0.25) is 5.95 Å². The zero-order chi connectivity index (χ0) is 17.4. The van der Waals surface area contributed by atoms with Crippen LogP contribution < -0.4 is 5.32 Å². The van der Waals surface area contributed by atoms with Crippen LogP contribution in [0.2, 0.25) is 0 Å². The van der Waals surface area contributed by atoms with E-state index in [4.69, 9.17) is 4.74 Å². The lowest BCUT2D eigenvalue weighted by Crippen LogP contribution is -2.38. The van der Waals surface area contributed by atoms with Gasteiger partial charge in [0.25, 0.3) is 5.91 Å². The number of nitrogens with one attached hydrogen (secondary N) is 1. The number of para-hydroxylation sites is 2. The second-order valence-corrected chi connectivity index (χ2v) is 5.91. The number of imidazole rings is 1. The first kappa shape index (κ1) is 15.4. The zero-order valence-corrected chi connectivity index (χ0v) is 13.7. The summed E-state index contributed by atoms with van der Waals surface area (Å²) in [6.45, 7) is 2.66. The van der Waals surface area contributed by atoms with Crippen molar-refractivity contribution in [3.05, 3.63) is 59.7 Å². The highest BCUT2D eigenvalue weighted by Gasteiger charge is 2.31. The fraction of sp³-hybridized carbons (Fsp3) is 0.211. The molecule has 0 saturated heterocycles.